The van der Waals surface area contributed by atoms with Gasteiger partial charge in [0.1, 0.15) is 6.54 Å². The molecule has 2 N–H and O–H groups in total. The Bertz CT molecular complexity index is 233. The van der Waals surface area contributed by atoms with E-state index in [0.29, 0.717) is 6.54 Å². The molecule has 4 nitrogen and oxygen atoms in total. The average molecular weight is 255 g/mol. The molecule has 0 aromatic rings. The number of hydrogen-bond donors (Lipinski definition) is 2. The Kier molecular flexibility index (Phi) is 7.13. The van der Waals surface area contributed by atoms with E-state index in [1.165, 1.54) is 6.92 Å². The van der Waals surface area contributed by atoms with E-state index in [4.69, 9.17) is 0 Å². The number of amides is 1. The lowest BCUT2D eigenvalue weighted by molar-refractivity contribution is -0.139. The first-order chi connectivity index (χ1) is 7.76. The maximum atomic E-state index is 11.8. The summed E-state index contributed by atoms with van der Waals surface area (Å²) in [5.74, 6) is -0.638. The van der Waals surface area contributed by atoms with Gasteiger partial charge in [-0.3, -0.25) is 4.79 Å². The van der Waals surface area contributed by atoms with Crippen LogP contribution in [0, 0.1) is 0 Å². The van der Waals surface area contributed by atoms with E-state index < -0.39 is 24.7 Å². The van der Waals surface area contributed by atoms with Crippen molar-refractivity contribution in [1.82, 2.24) is 15.5 Å². The van der Waals surface area contributed by atoms with Crippen molar-refractivity contribution in [2.45, 2.75) is 26.1 Å². The van der Waals surface area contributed by atoms with Crippen molar-refractivity contribution in [3.8, 4) is 0 Å². The van der Waals surface area contributed by atoms with E-state index in [-0.39, 0.29) is 0 Å². The van der Waals surface area contributed by atoms with E-state index in [0.717, 1.165) is 13.1 Å². The number of alkyl halides is 3. The van der Waals surface area contributed by atoms with E-state index in [9.17, 15) is 18.0 Å². The van der Waals surface area contributed by atoms with Crippen LogP contribution in [0.2, 0.25) is 0 Å². The summed E-state index contributed by atoms with van der Waals surface area (Å²) in [6, 6.07) is -0.623. The summed E-state index contributed by atoms with van der Waals surface area (Å²) >= 11 is 0. The van der Waals surface area contributed by atoms with Crippen LogP contribution >= 0.6 is 0 Å². The normalized spacial score (nSPS) is 13.8. The summed E-state index contributed by atoms with van der Waals surface area (Å²) in [5.41, 5.74) is 0. The van der Waals surface area contributed by atoms with Gasteiger partial charge in [0.2, 0.25) is 5.91 Å². The second-order valence-corrected chi connectivity index (χ2v) is 3.90. The minimum atomic E-state index is -4.36. The number of carbonyl (C=O) groups excluding carboxylic acids is 1. The van der Waals surface area contributed by atoms with Gasteiger partial charge in [0.25, 0.3) is 0 Å². The largest absolute Gasteiger partial charge is 0.405 e. The van der Waals surface area contributed by atoms with Gasteiger partial charge < -0.3 is 15.5 Å². The first-order valence-electron chi connectivity index (χ1n) is 5.52. The summed E-state index contributed by atoms with van der Waals surface area (Å²) in [7, 11) is 1.93. The van der Waals surface area contributed by atoms with Gasteiger partial charge in [-0.05, 0) is 20.5 Å². The minimum Gasteiger partial charge on any atom is -0.346 e. The van der Waals surface area contributed by atoms with Crippen molar-refractivity contribution in [3.63, 3.8) is 0 Å². The van der Waals surface area contributed by atoms with Gasteiger partial charge >= 0.3 is 6.18 Å². The van der Waals surface area contributed by atoms with Crippen LogP contribution in [0.25, 0.3) is 0 Å². The molecule has 0 spiro atoms. The molecule has 102 valence electrons. The highest BCUT2D eigenvalue weighted by atomic mass is 19.4. The molecule has 1 unspecified atom stereocenters. The third-order valence-electron chi connectivity index (χ3n) is 2.34. The maximum absolute atomic E-state index is 11.8. The zero-order valence-corrected chi connectivity index (χ0v) is 10.4. The predicted molar refractivity (Wildman–Crippen MR) is 59.7 cm³/mol. The van der Waals surface area contributed by atoms with Crippen LogP contribution in [0.4, 0.5) is 13.2 Å². The van der Waals surface area contributed by atoms with E-state index in [2.05, 4.69) is 5.32 Å². The first kappa shape index (κ1) is 16.2. The van der Waals surface area contributed by atoms with Crippen molar-refractivity contribution in [3.05, 3.63) is 0 Å². The van der Waals surface area contributed by atoms with Crippen molar-refractivity contribution >= 4 is 5.91 Å². The number of likely N-dealkylation sites (N-methyl/N-ethyl adjacent to an activating group) is 1. The Morgan fingerprint density at radius 2 is 2.00 bits per heavy atom. The molecule has 0 aliphatic carbocycles. The Labute approximate surface area is 99.5 Å². The first-order valence-corrected chi connectivity index (χ1v) is 5.52. The maximum Gasteiger partial charge on any atom is 0.405 e. The van der Waals surface area contributed by atoms with Gasteiger partial charge in [-0.1, -0.05) is 6.92 Å². The Balaban J connectivity index is 3.75. The fourth-order valence-corrected chi connectivity index (χ4v) is 1.06. The molecule has 0 aliphatic rings. The highest BCUT2D eigenvalue weighted by Gasteiger charge is 2.28. The van der Waals surface area contributed by atoms with Crippen molar-refractivity contribution in [1.29, 1.82) is 0 Å². The van der Waals surface area contributed by atoms with Gasteiger partial charge in [0.05, 0.1) is 6.04 Å². The average Bonchev–Trinajstić information content (AvgIpc) is 2.24. The predicted octanol–water partition coefficient (Wildman–Crippen LogP) is 0.595. The minimum absolute atomic E-state index is 0.560. The lowest BCUT2D eigenvalue weighted by atomic mass is 10.3. The number of nitrogens with one attached hydrogen (secondary N) is 2. The SMILES string of the molecule is CCN(C)CCNC(C)C(=O)NCC(F)(F)F. The molecule has 0 aliphatic heterocycles. The van der Waals surface area contributed by atoms with Crippen LogP contribution < -0.4 is 10.6 Å². The quantitative estimate of drug-likeness (QED) is 0.700. The van der Waals surface area contributed by atoms with Gasteiger partial charge in [0.15, 0.2) is 0 Å². The highest BCUT2D eigenvalue weighted by Crippen LogP contribution is 2.12. The Hall–Kier alpha value is -0.820. The van der Waals surface area contributed by atoms with Crippen molar-refractivity contribution in [2.24, 2.45) is 0 Å². The number of halogens is 3. The second kappa shape index (κ2) is 7.50. The van der Waals surface area contributed by atoms with Crippen LogP contribution in [0.1, 0.15) is 13.8 Å². The van der Waals surface area contributed by atoms with Gasteiger partial charge in [-0.15, -0.1) is 0 Å². The smallest absolute Gasteiger partial charge is 0.346 e. The van der Waals surface area contributed by atoms with E-state index in [1.807, 2.05) is 24.2 Å². The molecule has 0 fully saturated rings. The molecule has 0 saturated carbocycles. The molecule has 0 rings (SSSR count). The van der Waals surface area contributed by atoms with Gasteiger partial charge in [-0.2, -0.15) is 13.2 Å². The monoisotopic (exact) mass is 255 g/mol. The lowest BCUT2D eigenvalue weighted by Crippen LogP contribution is -2.46. The fourth-order valence-electron chi connectivity index (χ4n) is 1.06. The third kappa shape index (κ3) is 8.93. The van der Waals surface area contributed by atoms with Gasteiger partial charge in [0, 0.05) is 13.1 Å². The Morgan fingerprint density at radius 3 is 2.47 bits per heavy atom. The number of nitrogens with zero attached hydrogens (tertiary/aromatic N) is 1. The zero-order chi connectivity index (χ0) is 13.5. The number of rotatable bonds is 7. The number of carbonyl (C=O) groups is 1. The van der Waals surface area contributed by atoms with Crippen LogP contribution in [0.5, 0.6) is 0 Å². The van der Waals surface area contributed by atoms with Gasteiger partial charge in [-0.25, -0.2) is 0 Å². The highest BCUT2D eigenvalue weighted by molar-refractivity contribution is 5.81. The molecule has 17 heavy (non-hydrogen) atoms. The molecule has 0 saturated heterocycles. The Morgan fingerprint density at radius 1 is 1.41 bits per heavy atom. The summed E-state index contributed by atoms with van der Waals surface area (Å²) in [6.45, 7) is 4.44. The molecule has 0 bridgehead atoms. The van der Waals surface area contributed by atoms with Crippen molar-refractivity contribution < 1.29 is 18.0 Å². The van der Waals surface area contributed by atoms with Crippen molar-refractivity contribution in [2.75, 3.05) is 33.2 Å². The molecular formula is C10H20F3N3O. The molecular weight excluding hydrogens is 235 g/mol. The molecule has 1 amide bonds. The van der Waals surface area contributed by atoms with Crippen LogP contribution in [0.3, 0.4) is 0 Å². The second-order valence-electron chi connectivity index (χ2n) is 3.90. The summed E-state index contributed by atoms with van der Waals surface area (Å²) in [6.07, 6.45) is -4.36. The molecule has 0 radical (unpaired) electrons. The topological polar surface area (TPSA) is 44.4 Å². The summed E-state index contributed by atoms with van der Waals surface area (Å²) in [5, 5.41) is 4.70. The third-order valence-corrected chi connectivity index (χ3v) is 2.34. The van der Waals surface area contributed by atoms with Crippen LogP contribution in [0.15, 0.2) is 0 Å². The fraction of sp³-hybridized carbons (Fsp3) is 0.900. The molecule has 1 atom stereocenters. The van der Waals surface area contributed by atoms with E-state index >= 15 is 0 Å². The molecule has 0 aromatic carbocycles. The van der Waals surface area contributed by atoms with Crippen LogP contribution in [-0.4, -0.2) is 56.3 Å². The van der Waals surface area contributed by atoms with E-state index in [1.54, 1.807) is 0 Å². The molecule has 7 heteroatoms. The molecule has 0 aromatic heterocycles. The number of hydrogen-bond acceptors (Lipinski definition) is 3. The zero-order valence-electron chi connectivity index (χ0n) is 10.4. The summed E-state index contributed by atoms with van der Waals surface area (Å²) < 4.78 is 35.5. The molecule has 0 heterocycles. The standard InChI is InChI=1S/C10H20F3N3O/c1-4-16(3)6-5-14-8(2)9(17)15-7-10(11,12)13/h8,14H,4-7H2,1-3H3,(H,15,17). The van der Waals surface area contributed by atoms with Crippen LogP contribution in [-0.2, 0) is 4.79 Å². The lowest BCUT2D eigenvalue weighted by Gasteiger charge is -2.18. The summed E-state index contributed by atoms with van der Waals surface area (Å²) in [4.78, 5) is 13.3.